The fourth-order valence-corrected chi connectivity index (χ4v) is 2.48. The lowest BCUT2D eigenvalue weighted by Gasteiger charge is -2.13. The molecule has 3 heteroatoms. The van der Waals surface area contributed by atoms with Crippen molar-refractivity contribution in [3.63, 3.8) is 0 Å². The first-order valence-corrected chi connectivity index (χ1v) is 7.30. The van der Waals surface area contributed by atoms with Gasteiger partial charge in [-0.15, -0.1) is 0 Å². The SMILES string of the molecule is CC(C)c1ccc(C(N)Cc2cncc(Br)c2)cc1. The third-order valence-electron chi connectivity index (χ3n) is 3.25. The van der Waals surface area contributed by atoms with Gasteiger partial charge in [0.15, 0.2) is 0 Å². The van der Waals surface area contributed by atoms with E-state index in [0.717, 1.165) is 16.5 Å². The summed E-state index contributed by atoms with van der Waals surface area (Å²) in [5.41, 5.74) is 9.93. The molecule has 1 aromatic heterocycles. The van der Waals surface area contributed by atoms with Crippen LogP contribution in [0.2, 0.25) is 0 Å². The molecule has 2 aromatic rings. The highest BCUT2D eigenvalue weighted by atomic mass is 79.9. The molecule has 2 rings (SSSR count). The van der Waals surface area contributed by atoms with Gasteiger partial charge in [-0.2, -0.15) is 0 Å². The second-order valence-electron chi connectivity index (χ2n) is 5.14. The average molecular weight is 319 g/mol. The molecule has 1 heterocycles. The molecule has 1 aromatic carbocycles. The molecular formula is C16H19BrN2. The fourth-order valence-electron chi connectivity index (χ4n) is 2.07. The van der Waals surface area contributed by atoms with Crippen LogP contribution in [0.15, 0.2) is 47.2 Å². The first kappa shape index (κ1) is 14.2. The molecule has 2 nitrogen and oxygen atoms in total. The van der Waals surface area contributed by atoms with Crippen molar-refractivity contribution in [1.29, 1.82) is 0 Å². The molecule has 19 heavy (non-hydrogen) atoms. The molecule has 0 fully saturated rings. The summed E-state index contributed by atoms with van der Waals surface area (Å²) < 4.78 is 0.993. The van der Waals surface area contributed by atoms with Crippen molar-refractivity contribution in [2.45, 2.75) is 32.2 Å². The molecule has 1 unspecified atom stereocenters. The van der Waals surface area contributed by atoms with Gasteiger partial charge in [0, 0.05) is 22.9 Å². The number of rotatable bonds is 4. The number of halogens is 1. The Labute approximate surface area is 123 Å². The molecule has 0 aliphatic heterocycles. The van der Waals surface area contributed by atoms with Crippen LogP contribution < -0.4 is 5.73 Å². The Hall–Kier alpha value is -1.19. The lowest BCUT2D eigenvalue weighted by atomic mass is 9.96. The van der Waals surface area contributed by atoms with Crippen molar-refractivity contribution in [3.8, 4) is 0 Å². The molecule has 2 N–H and O–H groups in total. The van der Waals surface area contributed by atoms with Crippen LogP contribution in [0, 0.1) is 0 Å². The number of benzene rings is 1. The average Bonchev–Trinajstić information content (AvgIpc) is 2.39. The second-order valence-corrected chi connectivity index (χ2v) is 6.06. The van der Waals surface area contributed by atoms with Gasteiger partial charge < -0.3 is 5.73 Å². The number of pyridine rings is 1. The Morgan fingerprint density at radius 2 is 1.74 bits per heavy atom. The zero-order chi connectivity index (χ0) is 13.8. The molecule has 0 radical (unpaired) electrons. The molecule has 0 saturated carbocycles. The summed E-state index contributed by atoms with van der Waals surface area (Å²) in [7, 11) is 0. The molecule has 100 valence electrons. The highest BCUT2D eigenvalue weighted by Gasteiger charge is 2.08. The Bertz CT molecular complexity index is 535. The van der Waals surface area contributed by atoms with Crippen molar-refractivity contribution < 1.29 is 0 Å². The molecule has 0 saturated heterocycles. The number of nitrogens with two attached hydrogens (primary N) is 1. The molecule has 0 amide bonds. The van der Waals surface area contributed by atoms with E-state index in [1.54, 1.807) is 6.20 Å². The van der Waals surface area contributed by atoms with Gasteiger partial charge >= 0.3 is 0 Å². The van der Waals surface area contributed by atoms with E-state index in [9.17, 15) is 0 Å². The van der Waals surface area contributed by atoms with Gasteiger partial charge in [-0.1, -0.05) is 38.1 Å². The summed E-state index contributed by atoms with van der Waals surface area (Å²) in [4.78, 5) is 4.17. The Morgan fingerprint density at radius 1 is 1.11 bits per heavy atom. The Morgan fingerprint density at radius 3 is 2.32 bits per heavy atom. The second kappa shape index (κ2) is 6.31. The van der Waals surface area contributed by atoms with Crippen molar-refractivity contribution in [1.82, 2.24) is 4.98 Å². The lowest BCUT2D eigenvalue weighted by molar-refractivity contribution is 0.717. The third-order valence-corrected chi connectivity index (χ3v) is 3.68. The zero-order valence-corrected chi connectivity index (χ0v) is 12.9. The number of hydrogen-bond acceptors (Lipinski definition) is 2. The molecule has 0 bridgehead atoms. The predicted molar refractivity (Wildman–Crippen MR) is 83.1 cm³/mol. The fraction of sp³-hybridized carbons (Fsp3) is 0.312. The van der Waals surface area contributed by atoms with Crippen LogP contribution in [-0.4, -0.2) is 4.98 Å². The van der Waals surface area contributed by atoms with Crippen LogP contribution in [0.1, 0.15) is 42.5 Å². The monoisotopic (exact) mass is 318 g/mol. The normalized spacial score (nSPS) is 12.7. The van der Waals surface area contributed by atoms with Gasteiger partial charge in [-0.25, -0.2) is 0 Å². The zero-order valence-electron chi connectivity index (χ0n) is 11.3. The van der Waals surface area contributed by atoms with E-state index in [4.69, 9.17) is 5.73 Å². The smallest absolute Gasteiger partial charge is 0.0410 e. The summed E-state index contributed by atoms with van der Waals surface area (Å²) in [6.07, 6.45) is 4.45. The number of aromatic nitrogens is 1. The first-order chi connectivity index (χ1) is 9.06. The minimum Gasteiger partial charge on any atom is -0.324 e. The summed E-state index contributed by atoms with van der Waals surface area (Å²) in [5.74, 6) is 0.555. The minimum absolute atomic E-state index is 0.0114. The van der Waals surface area contributed by atoms with E-state index in [1.165, 1.54) is 11.1 Å². The van der Waals surface area contributed by atoms with E-state index < -0.39 is 0 Å². The highest BCUT2D eigenvalue weighted by molar-refractivity contribution is 9.10. The minimum atomic E-state index is 0.0114. The maximum Gasteiger partial charge on any atom is 0.0410 e. The van der Waals surface area contributed by atoms with Crippen LogP contribution in [0.4, 0.5) is 0 Å². The van der Waals surface area contributed by atoms with Gasteiger partial charge in [0.25, 0.3) is 0 Å². The van der Waals surface area contributed by atoms with E-state index in [2.05, 4.69) is 65.1 Å². The number of hydrogen-bond donors (Lipinski definition) is 1. The van der Waals surface area contributed by atoms with Crippen molar-refractivity contribution in [2.24, 2.45) is 5.73 Å². The molecule has 0 aliphatic rings. The van der Waals surface area contributed by atoms with E-state index in [0.29, 0.717) is 5.92 Å². The van der Waals surface area contributed by atoms with Crippen LogP contribution in [-0.2, 0) is 6.42 Å². The Kier molecular flexibility index (Phi) is 4.72. The van der Waals surface area contributed by atoms with Crippen molar-refractivity contribution >= 4 is 15.9 Å². The van der Waals surface area contributed by atoms with Crippen molar-refractivity contribution in [2.75, 3.05) is 0 Å². The van der Waals surface area contributed by atoms with Gasteiger partial charge in [-0.3, -0.25) is 4.98 Å². The Balaban J connectivity index is 2.09. The summed E-state index contributed by atoms with van der Waals surface area (Å²) in [6.45, 7) is 4.39. The van der Waals surface area contributed by atoms with Gasteiger partial charge in [0.05, 0.1) is 0 Å². The van der Waals surface area contributed by atoms with Gasteiger partial charge in [0.1, 0.15) is 0 Å². The van der Waals surface area contributed by atoms with Gasteiger partial charge in [-0.05, 0) is 51.0 Å². The summed E-state index contributed by atoms with van der Waals surface area (Å²) in [5, 5.41) is 0. The van der Waals surface area contributed by atoms with E-state index >= 15 is 0 Å². The van der Waals surface area contributed by atoms with E-state index in [-0.39, 0.29) is 6.04 Å². The topological polar surface area (TPSA) is 38.9 Å². The standard InChI is InChI=1S/C16H19BrN2/c1-11(2)13-3-5-14(6-4-13)16(18)8-12-7-15(17)10-19-9-12/h3-7,9-11,16H,8,18H2,1-2H3. The maximum atomic E-state index is 6.26. The largest absolute Gasteiger partial charge is 0.324 e. The summed E-state index contributed by atoms with van der Waals surface area (Å²) in [6, 6.07) is 10.7. The van der Waals surface area contributed by atoms with Gasteiger partial charge in [0.2, 0.25) is 0 Å². The molecule has 0 aliphatic carbocycles. The van der Waals surface area contributed by atoms with E-state index in [1.807, 2.05) is 6.20 Å². The molecule has 0 spiro atoms. The highest BCUT2D eigenvalue weighted by Crippen LogP contribution is 2.21. The number of nitrogens with zero attached hydrogens (tertiary/aromatic N) is 1. The lowest BCUT2D eigenvalue weighted by Crippen LogP contribution is -2.13. The third kappa shape index (κ3) is 3.88. The van der Waals surface area contributed by atoms with Crippen LogP contribution in [0.5, 0.6) is 0 Å². The quantitative estimate of drug-likeness (QED) is 0.917. The van der Waals surface area contributed by atoms with Crippen LogP contribution in [0.25, 0.3) is 0 Å². The maximum absolute atomic E-state index is 6.26. The molecular weight excluding hydrogens is 300 g/mol. The first-order valence-electron chi connectivity index (χ1n) is 6.51. The predicted octanol–water partition coefficient (Wildman–Crippen LogP) is 4.21. The van der Waals surface area contributed by atoms with Crippen molar-refractivity contribution in [3.05, 3.63) is 63.9 Å². The summed E-state index contributed by atoms with van der Waals surface area (Å²) >= 11 is 3.43. The molecule has 1 atom stereocenters. The van der Waals surface area contributed by atoms with Crippen LogP contribution in [0.3, 0.4) is 0 Å². The van der Waals surface area contributed by atoms with Crippen LogP contribution >= 0.6 is 15.9 Å².